The van der Waals surface area contributed by atoms with E-state index in [0.717, 1.165) is 41.3 Å². The minimum atomic E-state index is 1.10. The third-order valence-electron chi connectivity index (χ3n) is 8.52. The number of rotatable bonds is 8. The minimum absolute atomic E-state index is 1.10. The summed E-state index contributed by atoms with van der Waals surface area (Å²) in [5, 5.41) is 0. The van der Waals surface area contributed by atoms with Gasteiger partial charge in [-0.1, -0.05) is 115 Å². The van der Waals surface area contributed by atoms with Crippen LogP contribution in [-0.4, -0.2) is 7.05 Å². The van der Waals surface area contributed by atoms with Gasteiger partial charge in [-0.05, 0) is 107 Å². The molecule has 0 fully saturated rings. The van der Waals surface area contributed by atoms with Crippen molar-refractivity contribution in [2.75, 3.05) is 16.8 Å². The molecule has 45 heavy (non-hydrogen) atoms. The van der Waals surface area contributed by atoms with Crippen LogP contribution in [0.25, 0.3) is 27.8 Å². The van der Waals surface area contributed by atoms with E-state index in [1.807, 2.05) is 0 Å². The van der Waals surface area contributed by atoms with Crippen LogP contribution in [-0.2, 0) is 0 Å². The molecule has 0 aromatic heterocycles. The van der Waals surface area contributed by atoms with Crippen LogP contribution in [0.15, 0.2) is 176 Å². The number of anilines is 5. The van der Waals surface area contributed by atoms with Gasteiger partial charge in [0, 0.05) is 35.5 Å². The Kier molecular flexibility index (Phi) is 8.11. The summed E-state index contributed by atoms with van der Waals surface area (Å²) in [6.07, 6.45) is 9.07. The molecule has 0 bridgehead atoms. The number of nitrogens with zero attached hydrogens (tertiary/aromatic N) is 2. The molecule has 6 aromatic carbocycles. The summed E-state index contributed by atoms with van der Waals surface area (Å²) in [6.45, 7) is 0. The first kappa shape index (κ1) is 28.2. The van der Waals surface area contributed by atoms with Crippen molar-refractivity contribution in [2.45, 2.75) is 12.8 Å². The molecule has 6 aromatic rings. The zero-order valence-corrected chi connectivity index (χ0v) is 25.6. The van der Waals surface area contributed by atoms with Crippen LogP contribution >= 0.6 is 0 Å². The Balaban J connectivity index is 1.12. The van der Waals surface area contributed by atoms with E-state index < -0.39 is 0 Å². The van der Waals surface area contributed by atoms with Crippen LogP contribution in [0, 0.1) is 0 Å². The lowest BCUT2D eigenvalue weighted by Gasteiger charge is -2.26. The highest BCUT2D eigenvalue weighted by molar-refractivity contribution is 5.83. The van der Waals surface area contributed by atoms with Crippen LogP contribution in [0.3, 0.4) is 0 Å². The van der Waals surface area contributed by atoms with Crippen molar-refractivity contribution in [3.05, 3.63) is 182 Å². The molecule has 2 heteroatoms. The molecular weight excluding hydrogens is 544 g/mol. The highest BCUT2D eigenvalue weighted by Gasteiger charge is 2.14. The van der Waals surface area contributed by atoms with Crippen molar-refractivity contribution in [2.24, 2.45) is 0 Å². The summed E-state index contributed by atoms with van der Waals surface area (Å²) in [4.78, 5) is 4.56. The zero-order valence-electron chi connectivity index (χ0n) is 25.6. The predicted molar refractivity (Wildman–Crippen MR) is 193 cm³/mol. The van der Waals surface area contributed by atoms with Crippen molar-refractivity contribution in [1.29, 1.82) is 0 Å². The lowest BCUT2D eigenvalue weighted by Crippen LogP contribution is -2.10. The Labute approximate surface area is 266 Å². The number of para-hydroxylation sites is 1. The summed E-state index contributed by atoms with van der Waals surface area (Å²) in [6, 6.07) is 56.5. The number of hydrogen-bond donors (Lipinski definition) is 0. The van der Waals surface area contributed by atoms with Crippen molar-refractivity contribution in [1.82, 2.24) is 0 Å². The summed E-state index contributed by atoms with van der Waals surface area (Å²) in [5.41, 5.74) is 13.1. The van der Waals surface area contributed by atoms with Gasteiger partial charge in [-0.25, -0.2) is 0 Å². The molecule has 0 spiro atoms. The van der Waals surface area contributed by atoms with Gasteiger partial charge in [0.1, 0.15) is 0 Å². The average Bonchev–Trinajstić information content (AvgIpc) is 3.13. The van der Waals surface area contributed by atoms with Gasteiger partial charge in [-0.15, -0.1) is 0 Å². The fourth-order valence-corrected chi connectivity index (χ4v) is 6.01. The van der Waals surface area contributed by atoms with Crippen molar-refractivity contribution in [3.8, 4) is 22.3 Å². The third kappa shape index (κ3) is 6.23. The van der Waals surface area contributed by atoms with E-state index in [1.54, 1.807) is 0 Å². The molecule has 0 radical (unpaired) electrons. The first-order valence-corrected chi connectivity index (χ1v) is 15.6. The Morgan fingerprint density at radius 3 is 1.42 bits per heavy atom. The average molecular weight is 581 g/mol. The Morgan fingerprint density at radius 1 is 0.400 bits per heavy atom. The van der Waals surface area contributed by atoms with Crippen LogP contribution in [0.4, 0.5) is 28.4 Å². The molecule has 7 rings (SSSR count). The van der Waals surface area contributed by atoms with Crippen LogP contribution in [0.2, 0.25) is 0 Å². The topological polar surface area (TPSA) is 6.48 Å². The van der Waals surface area contributed by atoms with Crippen LogP contribution in [0.5, 0.6) is 0 Å². The first-order valence-electron chi connectivity index (χ1n) is 15.6. The molecule has 218 valence electrons. The molecular formula is C43H36N2. The van der Waals surface area contributed by atoms with E-state index in [2.05, 4.69) is 193 Å². The van der Waals surface area contributed by atoms with Crippen molar-refractivity contribution in [3.63, 3.8) is 0 Å². The molecule has 0 atom stereocenters. The second-order valence-corrected chi connectivity index (χ2v) is 11.4. The number of hydrogen-bond acceptors (Lipinski definition) is 2. The van der Waals surface area contributed by atoms with Crippen LogP contribution in [0.1, 0.15) is 18.4 Å². The van der Waals surface area contributed by atoms with Gasteiger partial charge in [-0.3, -0.25) is 0 Å². The normalized spacial score (nSPS) is 12.4. The summed E-state index contributed by atoms with van der Waals surface area (Å²) >= 11 is 0. The van der Waals surface area contributed by atoms with E-state index in [4.69, 9.17) is 0 Å². The predicted octanol–water partition coefficient (Wildman–Crippen LogP) is 12.0. The standard InChI is InChI=1S/C43H36N2/c1-44(39-26-20-35(21-27-39)33-12-5-2-6-13-33)40-28-22-36(23-29-40)37-24-30-42(31-25-37)45(41-17-9-4-10-18-41)43-19-11-16-38(32-43)34-14-7-3-8-15-34/h2,4-7,9-32H,3,8H2,1H3. The van der Waals surface area contributed by atoms with Gasteiger partial charge in [0.15, 0.2) is 0 Å². The Bertz CT molecular complexity index is 1920. The number of allylic oxidation sites excluding steroid dienone is 4. The van der Waals surface area contributed by atoms with Crippen LogP contribution < -0.4 is 9.80 Å². The van der Waals surface area contributed by atoms with Gasteiger partial charge < -0.3 is 9.80 Å². The second-order valence-electron chi connectivity index (χ2n) is 11.4. The second kappa shape index (κ2) is 13.0. The summed E-state index contributed by atoms with van der Waals surface area (Å²) in [7, 11) is 2.12. The highest BCUT2D eigenvalue weighted by Crippen LogP contribution is 2.37. The molecule has 0 N–H and O–H groups in total. The first-order chi connectivity index (χ1) is 22.2. The lowest BCUT2D eigenvalue weighted by atomic mass is 9.99. The fraction of sp³-hybridized carbons (Fsp3) is 0.0698. The largest absolute Gasteiger partial charge is 0.345 e. The quantitative estimate of drug-likeness (QED) is 0.177. The maximum atomic E-state index is 2.34. The summed E-state index contributed by atoms with van der Waals surface area (Å²) < 4.78 is 0. The fourth-order valence-electron chi connectivity index (χ4n) is 6.01. The van der Waals surface area contributed by atoms with Gasteiger partial charge in [0.2, 0.25) is 0 Å². The molecule has 0 unspecified atom stereocenters. The molecule has 1 aliphatic rings. The maximum Gasteiger partial charge on any atom is 0.0467 e. The molecule has 0 saturated heterocycles. The number of benzene rings is 6. The van der Waals surface area contributed by atoms with E-state index in [-0.39, 0.29) is 0 Å². The van der Waals surface area contributed by atoms with Gasteiger partial charge >= 0.3 is 0 Å². The van der Waals surface area contributed by atoms with Crippen molar-refractivity contribution < 1.29 is 0 Å². The van der Waals surface area contributed by atoms with E-state index in [0.29, 0.717) is 0 Å². The zero-order chi connectivity index (χ0) is 30.4. The van der Waals surface area contributed by atoms with Gasteiger partial charge in [0.05, 0.1) is 0 Å². The smallest absolute Gasteiger partial charge is 0.0467 e. The van der Waals surface area contributed by atoms with Crippen molar-refractivity contribution >= 4 is 34.0 Å². The maximum absolute atomic E-state index is 2.34. The van der Waals surface area contributed by atoms with E-state index in [1.165, 1.54) is 33.4 Å². The lowest BCUT2D eigenvalue weighted by molar-refractivity contribution is 1.04. The Hall–Kier alpha value is -5.60. The molecule has 0 heterocycles. The SMILES string of the molecule is CN(c1ccc(-c2ccccc2)cc1)c1ccc(-c2ccc(N(c3ccccc3)c3cccc(C4=CCCC=C4)c3)cc2)cc1. The third-order valence-corrected chi connectivity index (χ3v) is 8.52. The Morgan fingerprint density at radius 2 is 0.867 bits per heavy atom. The summed E-state index contributed by atoms with van der Waals surface area (Å²) in [5.74, 6) is 0. The van der Waals surface area contributed by atoms with Gasteiger partial charge in [0.25, 0.3) is 0 Å². The van der Waals surface area contributed by atoms with E-state index in [9.17, 15) is 0 Å². The molecule has 0 aliphatic heterocycles. The monoisotopic (exact) mass is 580 g/mol. The molecule has 0 amide bonds. The van der Waals surface area contributed by atoms with E-state index >= 15 is 0 Å². The molecule has 1 aliphatic carbocycles. The highest BCUT2D eigenvalue weighted by atomic mass is 15.1. The molecule has 0 saturated carbocycles. The molecule has 2 nitrogen and oxygen atoms in total. The van der Waals surface area contributed by atoms with Gasteiger partial charge in [-0.2, -0.15) is 0 Å². The minimum Gasteiger partial charge on any atom is -0.345 e.